The summed E-state index contributed by atoms with van der Waals surface area (Å²) in [5.41, 5.74) is 0. The third-order valence-electron chi connectivity index (χ3n) is 0.378. The second-order valence-corrected chi connectivity index (χ2v) is 23.3. The summed E-state index contributed by atoms with van der Waals surface area (Å²) < 4.78 is 0.0903. The molecule has 0 aromatic heterocycles. The molecule has 0 amide bonds. The maximum atomic E-state index is 5.43. The van der Waals surface area contributed by atoms with E-state index in [2.05, 4.69) is 15.9 Å². The molecule has 0 rings (SSSR count). The Morgan fingerprint density at radius 3 is 1.86 bits per heavy atom. The average molecular weight is 413 g/mol. The average Bonchev–Trinajstić information content (AvgIpc) is 1.30. The van der Waals surface area contributed by atoms with Crippen LogP contribution in [0.15, 0.2) is 0 Å². The molecule has 0 unspecified atom stereocenters. The zero-order valence-corrected chi connectivity index (χ0v) is 12.8. The molecule has 0 aliphatic heterocycles. The second kappa shape index (κ2) is 4.16. The molecule has 0 nitrogen and oxygen atoms in total. The summed E-state index contributed by atoms with van der Waals surface area (Å²) >= 11 is 18.4. The third kappa shape index (κ3) is 8.29. The van der Waals surface area contributed by atoms with Crippen LogP contribution in [-0.4, -0.2) is 4.14 Å². The van der Waals surface area contributed by atoms with Gasteiger partial charge in [0.1, 0.15) is 0 Å². The molecule has 0 radical (unpaired) electrons. The van der Waals surface area contributed by atoms with E-state index in [0.29, 0.717) is 0 Å². The van der Waals surface area contributed by atoms with Gasteiger partial charge in [-0.2, -0.15) is 0 Å². The van der Waals surface area contributed by atoms with Crippen LogP contribution < -0.4 is 0 Å². The number of rotatable bonds is 1. The summed E-state index contributed by atoms with van der Waals surface area (Å²) in [6.07, 6.45) is 0. The van der Waals surface area contributed by atoms with Gasteiger partial charge in [-0.25, -0.2) is 0 Å². The standard InChI is InChI=1S/CH2Br.CCl3.Hg/c1-2;2-1(3)4;/h1H2;;. The van der Waals surface area contributed by atoms with E-state index in [1.54, 1.807) is 0 Å². The van der Waals surface area contributed by atoms with Gasteiger partial charge in [0.05, 0.1) is 0 Å². The van der Waals surface area contributed by atoms with Crippen LogP contribution in [0.1, 0.15) is 0 Å². The Hall–Kier alpha value is 2.29. The van der Waals surface area contributed by atoms with E-state index in [4.69, 9.17) is 34.8 Å². The maximum absolute atomic E-state index is 5.43. The normalized spacial score (nSPS) is 10.9. The van der Waals surface area contributed by atoms with Crippen LogP contribution in [-0.2, 0) is 24.6 Å². The van der Waals surface area contributed by atoms with Gasteiger partial charge in [-0.15, -0.1) is 0 Å². The topological polar surface area (TPSA) is 0 Å². The van der Waals surface area contributed by atoms with Gasteiger partial charge in [0, 0.05) is 0 Å². The van der Waals surface area contributed by atoms with E-state index < -0.39 is 25.9 Å². The third-order valence-corrected chi connectivity index (χ3v) is 11.8. The van der Waals surface area contributed by atoms with Gasteiger partial charge in [0.15, 0.2) is 0 Å². The molecule has 0 heterocycles. The summed E-state index contributed by atoms with van der Waals surface area (Å²) in [5, 5.41) is 0. The van der Waals surface area contributed by atoms with Gasteiger partial charge in [0.2, 0.25) is 0 Å². The quantitative estimate of drug-likeness (QED) is 0.459. The number of hydrogen-bond acceptors (Lipinski definition) is 0. The van der Waals surface area contributed by atoms with Crippen molar-refractivity contribution in [3.63, 3.8) is 0 Å². The van der Waals surface area contributed by atoms with Gasteiger partial charge in [-0.05, 0) is 0 Å². The van der Waals surface area contributed by atoms with E-state index in [1.807, 2.05) is 0 Å². The Labute approximate surface area is 78.4 Å². The van der Waals surface area contributed by atoms with Crippen molar-refractivity contribution in [3.05, 3.63) is 0 Å². The van der Waals surface area contributed by atoms with Crippen molar-refractivity contribution < 1.29 is 24.6 Å². The van der Waals surface area contributed by atoms with Crippen LogP contribution in [0.2, 0.25) is 0 Å². The molecule has 0 aromatic rings. The molecule has 0 fully saturated rings. The summed E-state index contributed by atoms with van der Waals surface area (Å²) in [5.74, 6) is 0. The Morgan fingerprint density at radius 1 is 1.43 bits per heavy atom. The van der Waals surface area contributed by atoms with Crippen LogP contribution in [0.4, 0.5) is 0 Å². The Morgan fingerprint density at radius 2 is 1.86 bits per heavy atom. The molecule has 0 saturated carbocycles. The first-order valence-electron chi connectivity index (χ1n) is 1.69. The van der Waals surface area contributed by atoms with Crippen molar-refractivity contribution in [1.29, 1.82) is 0 Å². The molecule has 0 aliphatic carbocycles. The van der Waals surface area contributed by atoms with E-state index in [0.717, 1.165) is 2.84 Å². The van der Waals surface area contributed by atoms with Crippen molar-refractivity contribution in [2.24, 2.45) is 0 Å². The molecule has 0 N–H and O–H groups in total. The predicted octanol–water partition coefficient (Wildman–Crippen LogP) is 2.75. The van der Waals surface area contributed by atoms with Crippen molar-refractivity contribution in [3.8, 4) is 0 Å². The van der Waals surface area contributed by atoms with Gasteiger partial charge < -0.3 is 0 Å². The number of halogens is 4. The van der Waals surface area contributed by atoms with E-state index in [9.17, 15) is 0 Å². The molecule has 7 heavy (non-hydrogen) atoms. The zero-order chi connectivity index (χ0) is 5.91. The van der Waals surface area contributed by atoms with Crippen LogP contribution in [0.25, 0.3) is 0 Å². The Balaban J connectivity index is 3.15. The molecule has 0 saturated heterocycles. The zero-order valence-electron chi connectivity index (χ0n) is 3.43. The summed E-state index contributed by atoms with van der Waals surface area (Å²) in [6.45, 7) is 0. The first-order valence-corrected chi connectivity index (χ1v) is 10.6. The van der Waals surface area contributed by atoms with E-state index >= 15 is 0 Å². The Bertz CT molecular complexity index is 51.4. The number of alkyl halides is 4. The molecular weight excluding hydrogens is 411 g/mol. The van der Waals surface area contributed by atoms with Gasteiger partial charge in [-0.3, -0.25) is 0 Å². The first kappa shape index (κ1) is 9.29. The van der Waals surface area contributed by atoms with Crippen molar-refractivity contribution in [2.75, 3.05) is 2.84 Å². The van der Waals surface area contributed by atoms with Crippen molar-refractivity contribution >= 4 is 50.7 Å². The van der Waals surface area contributed by atoms with Crippen molar-refractivity contribution in [1.82, 2.24) is 0 Å². The minimum absolute atomic E-state index is 0.858. The summed E-state index contributed by atoms with van der Waals surface area (Å²) in [6, 6.07) is 0. The minimum atomic E-state index is -1.18. The molecule has 40 valence electrons. The monoisotopic (exact) mass is 412 g/mol. The van der Waals surface area contributed by atoms with Crippen LogP contribution in [0.5, 0.6) is 0 Å². The van der Waals surface area contributed by atoms with Crippen LogP contribution in [0, 0.1) is 0 Å². The fourth-order valence-corrected chi connectivity index (χ4v) is 14.7. The number of hydrogen-bond donors (Lipinski definition) is 0. The SMILES string of the molecule is Cl[C](Cl)(Cl)[Hg][CH2]Br. The molecule has 0 bridgehead atoms. The van der Waals surface area contributed by atoms with Crippen molar-refractivity contribution in [2.45, 2.75) is 1.30 Å². The summed E-state index contributed by atoms with van der Waals surface area (Å²) in [4.78, 5) is 0. The molecule has 0 atom stereocenters. The van der Waals surface area contributed by atoms with Gasteiger partial charge in [0.25, 0.3) is 0 Å². The molecular formula is C2H2BrCl3Hg. The van der Waals surface area contributed by atoms with Gasteiger partial charge in [-0.1, -0.05) is 0 Å². The first-order chi connectivity index (χ1) is 3.06. The summed E-state index contributed by atoms with van der Waals surface area (Å²) in [7, 11) is 0. The van der Waals surface area contributed by atoms with Crippen LogP contribution >= 0.6 is 50.7 Å². The fourth-order valence-electron chi connectivity index (χ4n) is 0.107. The molecule has 5 heteroatoms. The Kier molecular flexibility index (Phi) is 5.51. The molecule has 0 spiro atoms. The fraction of sp³-hybridized carbons (Fsp3) is 1.00. The van der Waals surface area contributed by atoms with Crippen LogP contribution in [0.3, 0.4) is 0 Å². The second-order valence-electron chi connectivity index (χ2n) is 1.05. The predicted molar refractivity (Wildman–Crippen MR) is 34.1 cm³/mol. The van der Waals surface area contributed by atoms with E-state index in [1.165, 1.54) is 0 Å². The van der Waals surface area contributed by atoms with E-state index in [-0.39, 0.29) is 0 Å². The van der Waals surface area contributed by atoms with Gasteiger partial charge >= 0.3 is 79.4 Å². The molecule has 0 aromatic carbocycles. The molecule has 0 aliphatic rings.